The van der Waals surface area contributed by atoms with E-state index in [-0.39, 0.29) is 5.82 Å². The van der Waals surface area contributed by atoms with Crippen LogP contribution in [0.4, 0.5) is 4.39 Å². The molecule has 2 rings (SSSR count). The Balaban J connectivity index is 2.94. The van der Waals surface area contributed by atoms with Crippen LogP contribution in [0.2, 0.25) is 0 Å². The molecule has 2 heteroatoms. The molecular weight excluding hydrogens is 165 g/mol. The normalized spacial score (nSPS) is 10.7. The standard InChI is InChI=1S/C11H10FN/c1-7-9-5-3-4-6-10(9)13-8(2)11(7)12/h3-6H,1-2H3. The van der Waals surface area contributed by atoms with Gasteiger partial charge in [0, 0.05) is 5.39 Å². The number of fused-ring (bicyclic) bond motifs is 1. The van der Waals surface area contributed by atoms with Crippen molar-refractivity contribution in [1.82, 2.24) is 4.98 Å². The van der Waals surface area contributed by atoms with Gasteiger partial charge in [0.25, 0.3) is 0 Å². The number of pyridine rings is 1. The topological polar surface area (TPSA) is 12.9 Å². The van der Waals surface area contributed by atoms with Crippen LogP contribution in [0.1, 0.15) is 11.3 Å². The second-order valence-electron chi connectivity index (χ2n) is 3.15. The second kappa shape index (κ2) is 2.80. The van der Waals surface area contributed by atoms with Gasteiger partial charge in [0.1, 0.15) is 5.82 Å². The maximum Gasteiger partial charge on any atom is 0.147 e. The molecule has 1 aromatic heterocycles. The second-order valence-corrected chi connectivity index (χ2v) is 3.15. The molecule has 1 aromatic carbocycles. The highest BCUT2D eigenvalue weighted by atomic mass is 19.1. The molecule has 0 aliphatic heterocycles. The predicted molar refractivity (Wildman–Crippen MR) is 51.2 cm³/mol. The van der Waals surface area contributed by atoms with Crippen molar-refractivity contribution in [3.05, 3.63) is 41.3 Å². The summed E-state index contributed by atoms with van der Waals surface area (Å²) in [5, 5.41) is 0.894. The SMILES string of the molecule is Cc1nc2ccccc2c(C)c1F. The smallest absolute Gasteiger partial charge is 0.147 e. The fourth-order valence-corrected chi connectivity index (χ4v) is 1.51. The molecule has 1 heterocycles. The van der Waals surface area contributed by atoms with Crippen molar-refractivity contribution in [1.29, 1.82) is 0 Å². The Morgan fingerprint density at radius 2 is 1.85 bits per heavy atom. The number of para-hydroxylation sites is 1. The first-order valence-electron chi connectivity index (χ1n) is 4.21. The van der Waals surface area contributed by atoms with E-state index in [9.17, 15) is 4.39 Å². The van der Waals surface area contributed by atoms with Crippen molar-refractivity contribution in [3.63, 3.8) is 0 Å². The molecule has 0 radical (unpaired) electrons. The van der Waals surface area contributed by atoms with Crippen LogP contribution in [0.15, 0.2) is 24.3 Å². The predicted octanol–water partition coefficient (Wildman–Crippen LogP) is 2.99. The van der Waals surface area contributed by atoms with E-state index in [0.717, 1.165) is 10.9 Å². The fourth-order valence-electron chi connectivity index (χ4n) is 1.51. The molecule has 0 atom stereocenters. The molecule has 0 bridgehead atoms. The number of halogens is 1. The molecule has 0 N–H and O–H groups in total. The van der Waals surface area contributed by atoms with Gasteiger partial charge in [0.05, 0.1) is 11.2 Å². The fraction of sp³-hybridized carbons (Fsp3) is 0.182. The summed E-state index contributed by atoms with van der Waals surface area (Å²) in [7, 11) is 0. The quantitative estimate of drug-likeness (QED) is 0.599. The molecule has 0 spiro atoms. The molecule has 0 amide bonds. The molecule has 2 aromatic rings. The Morgan fingerprint density at radius 3 is 2.62 bits per heavy atom. The molecule has 0 saturated heterocycles. The Kier molecular flexibility index (Phi) is 1.76. The lowest BCUT2D eigenvalue weighted by atomic mass is 10.1. The minimum Gasteiger partial charge on any atom is -0.250 e. The Hall–Kier alpha value is -1.44. The summed E-state index contributed by atoms with van der Waals surface area (Å²) >= 11 is 0. The molecule has 66 valence electrons. The Labute approximate surface area is 76.2 Å². The summed E-state index contributed by atoms with van der Waals surface area (Å²) < 4.78 is 13.4. The Morgan fingerprint density at radius 1 is 1.15 bits per heavy atom. The highest BCUT2D eigenvalue weighted by Crippen LogP contribution is 2.20. The van der Waals surface area contributed by atoms with Crippen LogP contribution in [-0.2, 0) is 0 Å². The van der Waals surface area contributed by atoms with Gasteiger partial charge in [-0.3, -0.25) is 4.98 Å². The van der Waals surface area contributed by atoms with Gasteiger partial charge in [-0.15, -0.1) is 0 Å². The maximum absolute atomic E-state index is 13.4. The number of benzene rings is 1. The number of aryl methyl sites for hydroxylation is 2. The van der Waals surface area contributed by atoms with Gasteiger partial charge in [0.2, 0.25) is 0 Å². The van der Waals surface area contributed by atoms with Crippen molar-refractivity contribution in [2.45, 2.75) is 13.8 Å². The molecule has 0 fully saturated rings. The van der Waals surface area contributed by atoms with Crippen LogP contribution in [-0.4, -0.2) is 4.98 Å². The lowest BCUT2D eigenvalue weighted by Crippen LogP contribution is -1.93. The zero-order chi connectivity index (χ0) is 9.42. The average Bonchev–Trinajstić information content (AvgIpc) is 2.15. The minimum atomic E-state index is -0.196. The lowest BCUT2D eigenvalue weighted by molar-refractivity contribution is 0.604. The molecule has 13 heavy (non-hydrogen) atoms. The van der Waals surface area contributed by atoms with E-state index in [2.05, 4.69) is 4.98 Å². The monoisotopic (exact) mass is 175 g/mol. The number of rotatable bonds is 0. The molecule has 0 unspecified atom stereocenters. The number of nitrogens with zero attached hydrogens (tertiary/aromatic N) is 1. The van der Waals surface area contributed by atoms with Gasteiger partial charge in [-0.2, -0.15) is 0 Å². The first-order chi connectivity index (χ1) is 6.20. The van der Waals surface area contributed by atoms with Crippen LogP contribution in [0.25, 0.3) is 10.9 Å². The van der Waals surface area contributed by atoms with Gasteiger partial charge in [0.15, 0.2) is 0 Å². The van der Waals surface area contributed by atoms with Crippen LogP contribution in [0.3, 0.4) is 0 Å². The summed E-state index contributed by atoms with van der Waals surface area (Å²) in [4.78, 5) is 4.16. The average molecular weight is 175 g/mol. The van der Waals surface area contributed by atoms with Gasteiger partial charge in [-0.25, -0.2) is 4.39 Å². The van der Waals surface area contributed by atoms with E-state index >= 15 is 0 Å². The summed E-state index contributed by atoms with van der Waals surface area (Å²) in [5.41, 5.74) is 2.01. The van der Waals surface area contributed by atoms with E-state index in [1.54, 1.807) is 13.8 Å². The molecule has 1 nitrogen and oxygen atoms in total. The highest BCUT2D eigenvalue weighted by Gasteiger charge is 2.06. The van der Waals surface area contributed by atoms with Crippen LogP contribution < -0.4 is 0 Å². The maximum atomic E-state index is 13.4. The highest BCUT2D eigenvalue weighted by molar-refractivity contribution is 5.82. The van der Waals surface area contributed by atoms with Crippen molar-refractivity contribution in [2.24, 2.45) is 0 Å². The van der Waals surface area contributed by atoms with Crippen molar-refractivity contribution in [2.75, 3.05) is 0 Å². The van der Waals surface area contributed by atoms with E-state index in [1.165, 1.54) is 0 Å². The third-order valence-corrected chi connectivity index (χ3v) is 2.24. The summed E-state index contributed by atoms with van der Waals surface area (Å²) in [6.45, 7) is 3.47. The van der Waals surface area contributed by atoms with E-state index in [1.807, 2.05) is 24.3 Å². The van der Waals surface area contributed by atoms with Crippen molar-refractivity contribution >= 4 is 10.9 Å². The number of hydrogen-bond donors (Lipinski definition) is 0. The third kappa shape index (κ3) is 1.18. The van der Waals surface area contributed by atoms with E-state index < -0.39 is 0 Å². The summed E-state index contributed by atoms with van der Waals surface area (Å²) in [6, 6.07) is 7.59. The molecular formula is C11H10FN. The van der Waals surface area contributed by atoms with Crippen LogP contribution in [0.5, 0.6) is 0 Å². The zero-order valence-electron chi connectivity index (χ0n) is 7.63. The number of aromatic nitrogens is 1. The summed E-state index contributed by atoms with van der Waals surface area (Å²) in [6.07, 6.45) is 0. The first kappa shape index (κ1) is 8.17. The lowest BCUT2D eigenvalue weighted by Gasteiger charge is -2.04. The van der Waals surface area contributed by atoms with Crippen molar-refractivity contribution < 1.29 is 4.39 Å². The Bertz CT molecular complexity index is 463. The van der Waals surface area contributed by atoms with Crippen LogP contribution in [0, 0.1) is 19.7 Å². The molecule has 0 aliphatic rings. The number of hydrogen-bond acceptors (Lipinski definition) is 1. The van der Waals surface area contributed by atoms with Gasteiger partial charge in [-0.1, -0.05) is 18.2 Å². The van der Waals surface area contributed by atoms with Crippen LogP contribution >= 0.6 is 0 Å². The van der Waals surface area contributed by atoms with Gasteiger partial charge >= 0.3 is 0 Å². The minimum absolute atomic E-state index is 0.196. The van der Waals surface area contributed by atoms with Gasteiger partial charge in [-0.05, 0) is 25.5 Å². The zero-order valence-corrected chi connectivity index (χ0v) is 7.63. The summed E-state index contributed by atoms with van der Waals surface area (Å²) in [5.74, 6) is -0.196. The first-order valence-corrected chi connectivity index (χ1v) is 4.21. The molecule has 0 aliphatic carbocycles. The van der Waals surface area contributed by atoms with E-state index in [4.69, 9.17) is 0 Å². The molecule has 0 saturated carbocycles. The van der Waals surface area contributed by atoms with E-state index in [0.29, 0.717) is 11.3 Å². The van der Waals surface area contributed by atoms with Crippen molar-refractivity contribution in [3.8, 4) is 0 Å². The third-order valence-electron chi connectivity index (χ3n) is 2.24. The van der Waals surface area contributed by atoms with Gasteiger partial charge < -0.3 is 0 Å². The largest absolute Gasteiger partial charge is 0.250 e.